The number of hydrogen-bond donors (Lipinski definition) is 1. The number of likely N-dealkylation sites (N-methyl/N-ethyl adjacent to an activating group) is 1. The molecule has 0 aromatic heterocycles. The Labute approximate surface area is 240 Å². The maximum absolute atomic E-state index is 13.7. The SMILES string of the molecule is Cc1ccccc1C(=O)Nc1ccc(C(=O)N2CCCC(CC(=O)N3CCN(C)CC3)c3cc(Cl)ccc32)cc1. The van der Waals surface area contributed by atoms with Gasteiger partial charge in [0.05, 0.1) is 0 Å². The lowest BCUT2D eigenvalue weighted by Crippen LogP contribution is -2.47. The van der Waals surface area contributed by atoms with Gasteiger partial charge >= 0.3 is 0 Å². The summed E-state index contributed by atoms with van der Waals surface area (Å²) >= 11 is 6.41. The minimum atomic E-state index is -0.187. The van der Waals surface area contributed by atoms with E-state index in [0.717, 1.165) is 55.8 Å². The molecule has 1 fully saturated rings. The minimum Gasteiger partial charge on any atom is -0.340 e. The smallest absolute Gasteiger partial charge is 0.258 e. The highest BCUT2D eigenvalue weighted by molar-refractivity contribution is 6.30. The van der Waals surface area contributed by atoms with E-state index in [2.05, 4.69) is 17.3 Å². The van der Waals surface area contributed by atoms with Gasteiger partial charge in [0.2, 0.25) is 5.91 Å². The van der Waals surface area contributed by atoms with Gasteiger partial charge in [0.1, 0.15) is 0 Å². The summed E-state index contributed by atoms with van der Waals surface area (Å²) in [4.78, 5) is 45.6. The lowest BCUT2D eigenvalue weighted by atomic mass is 9.90. The van der Waals surface area contributed by atoms with Crippen molar-refractivity contribution in [2.24, 2.45) is 0 Å². The van der Waals surface area contributed by atoms with Gasteiger partial charge in [0.15, 0.2) is 0 Å². The first kappa shape index (κ1) is 27.9. The Bertz CT molecular complexity index is 1400. The second-order valence-corrected chi connectivity index (χ2v) is 11.2. The average molecular weight is 559 g/mol. The van der Waals surface area contributed by atoms with Crippen LogP contribution in [-0.2, 0) is 4.79 Å². The number of carbonyl (C=O) groups excluding carboxylic acids is 3. The highest BCUT2D eigenvalue weighted by Gasteiger charge is 2.30. The molecule has 1 atom stereocenters. The topological polar surface area (TPSA) is 73.0 Å². The Hall–Kier alpha value is -3.68. The number of carbonyl (C=O) groups is 3. The maximum Gasteiger partial charge on any atom is 0.258 e. The van der Waals surface area contributed by atoms with Crippen LogP contribution in [0.5, 0.6) is 0 Å². The summed E-state index contributed by atoms with van der Waals surface area (Å²) in [5.74, 6) is -0.149. The van der Waals surface area contributed by atoms with Crippen LogP contribution in [0.25, 0.3) is 0 Å². The number of hydrogen-bond acceptors (Lipinski definition) is 4. The number of rotatable bonds is 5. The standard InChI is InChI=1S/C32H35ClN4O3/c1-22-6-3-4-8-27(22)31(39)34-26-12-9-23(10-13-26)32(40)37-15-5-7-24(28-21-25(33)11-14-29(28)37)20-30(38)36-18-16-35(2)17-19-36/h3-4,6,8-14,21,24H,5,7,15-20H2,1-2H3,(H,34,39). The predicted octanol–water partition coefficient (Wildman–Crippen LogP) is 5.59. The van der Waals surface area contributed by atoms with E-state index in [0.29, 0.717) is 34.8 Å². The van der Waals surface area contributed by atoms with Crippen molar-refractivity contribution < 1.29 is 14.4 Å². The minimum absolute atomic E-state index is 0.00214. The summed E-state index contributed by atoms with van der Waals surface area (Å²) in [6.07, 6.45) is 2.00. The zero-order valence-electron chi connectivity index (χ0n) is 23.0. The van der Waals surface area contributed by atoms with Crippen LogP contribution in [0, 0.1) is 6.92 Å². The van der Waals surface area contributed by atoms with Gasteiger partial charge < -0.3 is 20.0 Å². The van der Waals surface area contributed by atoms with Crippen LogP contribution in [0.2, 0.25) is 5.02 Å². The number of amides is 3. The van der Waals surface area contributed by atoms with Crippen LogP contribution >= 0.6 is 11.6 Å². The van der Waals surface area contributed by atoms with E-state index in [-0.39, 0.29) is 23.6 Å². The molecular weight excluding hydrogens is 524 g/mol. The second kappa shape index (κ2) is 12.2. The molecule has 1 unspecified atom stereocenters. The van der Waals surface area contributed by atoms with E-state index < -0.39 is 0 Å². The summed E-state index contributed by atoms with van der Waals surface area (Å²) in [5, 5.41) is 3.51. The lowest BCUT2D eigenvalue weighted by molar-refractivity contribution is -0.133. The fourth-order valence-corrected chi connectivity index (χ4v) is 5.75. The van der Waals surface area contributed by atoms with E-state index >= 15 is 0 Å². The van der Waals surface area contributed by atoms with Crippen LogP contribution < -0.4 is 10.2 Å². The van der Waals surface area contributed by atoms with Crippen LogP contribution in [0.15, 0.2) is 66.7 Å². The molecule has 0 spiro atoms. The quantitative estimate of drug-likeness (QED) is 0.443. The van der Waals surface area contributed by atoms with E-state index in [1.54, 1.807) is 41.3 Å². The fourth-order valence-electron chi connectivity index (χ4n) is 5.57. The Morgan fingerprint density at radius 3 is 2.38 bits per heavy atom. The largest absolute Gasteiger partial charge is 0.340 e. The van der Waals surface area contributed by atoms with E-state index in [4.69, 9.17) is 11.6 Å². The highest BCUT2D eigenvalue weighted by Crippen LogP contribution is 2.39. The lowest BCUT2D eigenvalue weighted by Gasteiger charge is -2.33. The number of fused-ring (bicyclic) bond motifs is 1. The first-order chi connectivity index (χ1) is 19.3. The average Bonchev–Trinajstić information content (AvgIpc) is 3.12. The summed E-state index contributed by atoms with van der Waals surface area (Å²) in [6, 6.07) is 20.0. The number of piperazine rings is 1. The summed E-state index contributed by atoms with van der Waals surface area (Å²) in [6.45, 7) is 5.71. The van der Waals surface area contributed by atoms with Gasteiger partial charge in [0.25, 0.3) is 11.8 Å². The zero-order valence-corrected chi connectivity index (χ0v) is 23.8. The summed E-state index contributed by atoms with van der Waals surface area (Å²) in [7, 11) is 2.08. The van der Waals surface area contributed by atoms with Crippen LogP contribution in [-0.4, -0.2) is 67.3 Å². The van der Waals surface area contributed by atoms with Crippen LogP contribution in [0.1, 0.15) is 57.0 Å². The van der Waals surface area contributed by atoms with Crippen LogP contribution in [0.4, 0.5) is 11.4 Å². The second-order valence-electron chi connectivity index (χ2n) is 10.7. The molecule has 40 heavy (non-hydrogen) atoms. The molecule has 0 saturated carbocycles. The molecule has 5 rings (SSSR count). The van der Waals surface area contributed by atoms with E-state index in [1.165, 1.54) is 0 Å². The molecule has 0 aliphatic carbocycles. The van der Waals surface area contributed by atoms with Gasteiger partial charge in [-0.15, -0.1) is 0 Å². The first-order valence-corrected chi connectivity index (χ1v) is 14.2. The Morgan fingerprint density at radius 2 is 1.65 bits per heavy atom. The molecule has 208 valence electrons. The molecule has 8 heteroatoms. The van der Waals surface area contributed by atoms with Crippen molar-refractivity contribution in [3.63, 3.8) is 0 Å². The van der Waals surface area contributed by atoms with Crippen molar-refractivity contribution in [2.45, 2.75) is 32.1 Å². The van der Waals surface area contributed by atoms with Crippen molar-refractivity contribution in [3.05, 3.63) is 94.0 Å². The molecule has 3 aromatic rings. The van der Waals surface area contributed by atoms with E-state index in [9.17, 15) is 14.4 Å². The van der Waals surface area contributed by atoms with Gasteiger partial charge in [-0.3, -0.25) is 14.4 Å². The third kappa shape index (κ3) is 6.21. The molecule has 3 amide bonds. The van der Waals surface area contributed by atoms with Crippen molar-refractivity contribution in [1.82, 2.24) is 9.80 Å². The number of aryl methyl sites for hydroxylation is 1. The monoisotopic (exact) mass is 558 g/mol. The van der Waals surface area contributed by atoms with E-state index in [1.807, 2.05) is 42.2 Å². The Morgan fingerprint density at radius 1 is 0.925 bits per heavy atom. The molecule has 1 saturated heterocycles. The van der Waals surface area contributed by atoms with Gasteiger partial charge in [-0.2, -0.15) is 0 Å². The number of halogens is 1. The first-order valence-electron chi connectivity index (χ1n) is 13.8. The summed E-state index contributed by atoms with van der Waals surface area (Å²) in [5.41, 5.74) is 4.42. The molecule has 2 heterocycles. The van der Waals surface area contributed by atoms with Crippen molar-refractivity contribution in [1.29, 1.82) is 0 Å². The van der Waals surface area contributed by atoms with Crippen molar-refractivity contribution in [3.8, 4) is 0 Å². The molecule has 2 aliphatic rings. The van der Waals surface area contributed by atoms with Crippen molar-refractivity contribution >= 4 is 40.7 Å². The maximum atomic E-state index is 13.7. The Balaban J connectivity index is 1.32. The normalized spacial score (nSPS) is 17.6. The van der Waals surface area contributed by atoms with Gasteiger partial charge in [0, 0.05) is 66.7 Å². The number of anilines is 2. The van der Waals surface area contributed by atoms with Gasteiger partial charge in [-0.05, 0) is 92.4 Å². The third-order valence-corrected chi connectivity index (χ3v) is 8.19. The highest BCUT2D eigenvalue weighted by atomic mass is 35.5. The molecular formula is C32H35ClN4O3. The molecule has 7 nitrogen and oxygen atoms in total. The number of nitrogens with zero attached hydrogens (tertiary/aromatic N) is 3. The molecule has 2 aliphatic heterocycles. The fraction of sp³-hybridized carbons (Fsp3) is 0.344. The number of nitrogens with one attached hydrogen (secondary N) is 1. The number of benzene rings is 3. The van der Waals surface area contributed by atoms with Gasteiger partial charge in [-0.1, -0.05) is 29.8 Å². The third-order valence-electron chi connectivity index (χ3n) is 7.96. The van der Waals surface area contributed by atoms with Gasteiger partial charge in [-0.25, -0.2) is 0 Å². The molecule has 0 bridgehead atoms. The zero-order chi connectivity index (χ0) is 28.2. The summed E-state index contributed by atoms with van der Waals surface area (Å²) < 4.78 is 0. The molecule has 0 radical (unpaired) electrons. The van der Waals surface area contributed by atoms with Crippen LogP contribution in [0.3, 0.4) is 0 Å². The van der Waals surface area contributed by atoms with Crippen molar-refractivity contribution in [2.75, 3.05) is 50.0 Å². The Kier molecular flexibility index (Phi) is 8.52. The molecule has 1 N–H and O–H groups in total. The molecule has 3 aromatic carbocycles. The predicted molar refractivity (Wildman–Crippen MR) is 159 cm³/mol.